The molecule has 1 fully saturated rings. The number of nitrogens with zero attached hydrogens (tertiary/aromatic N) is 2. The molecule has 2 aromatic rings. The molecule has 2 aromatic carbocycles. The van der Waals surface area contributed by atoms with Crippen LogP contribution in [0.1, 0.15) is 22.8 Å². The summed E-state index contributed by atoms with van der Waals surface area (Å²) < 4.78 is 40.9. The summed E-state index contributed by atoms with van der Waals surface area (Å²) in [5.41, 5.74) is -0.596. The first-order valence-corrected chi connectivity index (χ1v) is 9.92. The Bertz CT molecular complexity index is 1120. The molecule has 1 aliphatic rings. The molecule has 180 valence electrons. The lowest BCUT2D eigenvalue weighted by atomic mass is 9.92. The van der Waals surface area contributed by atoms with Crippen LogP contribution in [0.25, 0.3) is 0 Å². The van der Waals surface area contributed by atoms with E-state index in [0.717, 1.165) is 12.1 Å². The Labute approximate surface area is 192 Å². The van der Waals surface area contributed by atoms with Crippen molar-refractivity contribution < 1.29 is 37.1 Å². The van der Waals surface area contributed by atoms with Crippen molar-refractivity contribution in [1.29, 1.82) is 0 Å². The van der Waals surface area contributed by atoms with Crippen molar-refractivity contribution in [2.45, 2.75) is 18.8 Å². The number of halogens is 3. The average Bonchev–Trinajstić information content (AvgIpc) is 2.97. The number of carbonyl (C=O) groups is 4. The van der Waals surface area contributed by atoms with Gasteiger partial charge in [-0.05, 0) is 48.9 Å². The third-order valence-electron chi connectivity index (χ3n) is 5.06. The molecule has 0 spiro atoms. The van der Waals surface area contributed by atoms with Crippen LogP contribution in [0.2, 0.25) is 0 Å². The lowest BCUT2D eigenvalue weighted by Crippen LogP contribution is -2.42. The first-order valence-electron chi connectivity index (χ1n) is 9.92. The van der Waals surface area contributed by atoms with Gasteiger partial charge in [-0.1, -0.05) is 12.1 Å². The van der Waals surface area contributed by atoms with E-state index in [1.54, 1.807) is 14.1 Å². The van der Waals surface area contributed by atoms with Crippen LogP contribution in [0.4, 0.5) is 23.7 Å². The molecule has 5 amide bonds. The van der Waals surface area contributed by atoms with E-state index in [1.165, 1.54) is 48.2 Å². The Kier molecular flexibility index (Phi) is 6.53. The number of nitrogens with one attached hydrogen (secondary N) is 2. The van der Waals surface area contributed by atoms with Gasteiger partial charge in [0.1, 0.15) is 17.8 Å². The van der Waals surface area contributed by atoms with Crippen molar-refractivity contribution >= 4 is 29.4 Å². The number of hydrogen-bond donors (Lipinski definition) is 2. The maximum absolute atomic E-state index is 12.9. The van der Waals surface area contributed by atoms with E-state index in [-0.39, 0.29) is 11.5 Å². The number of imide groups is 1. The molecule has 0 bridgehead atoms. The molecule has 1 saturated heterocycles. The van der Waals surface area contributed by atoms with Crippen LogP contribution in [-0.2, 0) is 15.1 Å². The molecule has 9 nitrogen and oxygen atoms in total. The zero-order valence-corrected chi connectivity index (χ0v) is 18.4. The summed E-state index contributed by atoms with van der Waals surface area (Å²) in [4.78, 5) is 51.8. The molecular weight excluding hydrogens is 457 g/mol. The van der Waals surface area contributed by atoms with Gasteiger partial charge >= 0.3 is 12.4 Å². The van der Waals surface area contributed by atoms with Crippen molar-refractivity contribution in [1.82, 2.24) is 15.1 Å². The zero-order chi connectivity index (χ0) is 25.3. The van der Waals surface area contributed by atoms with Crippen molar-refractivity contribution in [2.24, 2.45) is 0 Å². The van der Waals surface area contributed by atoms with Crippen molar-refractivity contribution in [3.63, 3.8) is 0 Å². The third-order valence-corrected chi connectivity index (χ3v) is 5.06. The smallest absolute Gasteiger partial charge is 0.406 e. The predicted molar refractivity (Wildman–Crippen MR) is 114 cm³/mol. The SMILES string of the molecule is CN(C)C(=O)c1ccc(NC(=O)CN2C(=O)NC(C)(c3ccc(OC(F)(F)F)cc3)C2=O)cc1. The van der Waals surface area contributed by atoms with Gasteiger partial charge in [0.25, 0.3) is 11.8 Å². The van der Waals surface area contributed by atoms with Gasteiger partial charge in [0.15, 0.2) is 0 Å². The molecule has 34 heavy (non-hydrogen) atoms. The normalized spacial score (nSPS) is 17.9. The monoisotopic (exact) mass is 478 g/mol. The van der Waals surface area contributed by atoms with Gasteiger partial charge in [0.05, 0.1) is 0 Å². The van der Waals surface area contributed by atoms with E-state index in [9.17, 15) is 32.3 Å². The minimum absolute atomic E-state index is 0.212. The molecule has 0 aliphatic carbocycles. The lowest BCUT2D eigenvalue weighted by molar-refractivity contribution is -0.274. The van der Waals surface area contributed by atoms with E-state index >= 15 is 0 Å². The van der Waals surface area contributed by atoms with E-state index in [4.69, 9.17) is 0 Å². The van der Waals surface area contributed by atoms with Crippen molar-refractivity contribution in [3.05, 3.63) is 59.7 Å². The number of urea groups is 1. The van der Waals surface area contributed by atoms with Crippen LogP contribution in [0.5, 0.6) is 5.75 Å². The predicted octanol–water partition coefficient (Wildman–Crippen LogP) is 2.69. The van der Waals surface area contributed by atoms with Crippen LogP contribution in [0.3, 0.4) is 0 Å². The van der Waals surface area contributed by atoms with E-state index in [1.807, 2.05) is 0 Å². The Hall–Kier alpha value is -4.09. The Morgan fingerprint density at radius 3 is 2.18 bits per heavy atom. The fourth-order valence-corrected chi connectivity index (χ4v) is 3.32. The van der Waals surface area contributed by atoms with Gasteiger partial charge in [0.2, 0.25) is 5.91 Å². The summed E-state index contributed by atoms with van der Waals surface area (Å²) >= 11 is 0. The fraction of sp³-hybridized carbons (Fsp3) is 0.273. The highest BCUT2D eigenvalue weighted by Crippen LogP contribution is 2.31. The number of rotatable bonds is 6. The minimum Gasteiger partial charge on any atom is -0.406 e. The van der Waals surface area contributed by atoms with Gasteiger partial charge in [-0.2, -0.15) is 0 Å². The zero-order valence-electron chi connectivity index (χ0n) is 18.4. The first-order chi connectivity index (χ1) is 15.8. The van der Waals surface area contributed by atoms with Crippen molar-refractivity contribution in [2.75, 3.05) is 26.0 Å². The molecule has 1 heterocycles. The topological polar surface area (TPSA) is 108 Å². The lowest BCUT2D eigenvalue weighted by Gasteiger charge is -2.22. The van der Waals surface area contributed by atoms with Gasteiger partial charge in [-0.3, -0.25) is 19.3 Å². The molecule has 1 unspecified atom stereocenters. The van der Waals surface area contributed by atoms with E-state index in [2.05, 4.69) is 15.4 Å². The van der Waals surface area contributed by atoms with Crippen molar-refractivity contribution in [3.8, 4) is 5.75 Å². The second-order valence-electron chi connectivity index (χ2n) is 7.84. The minimum atomic E-state index is -4.87. The van der Waals surface area contributed by atoms with Gasteiger partial charge in [-0.15, -0.1) is 13.2 Å². The number of ether oxygens (including phenoxy) is 1. The highest BCUT2D eigenvalue weighted by Gasteiger charge is 2.49. The highest BCUT2D eigenvalue weighted by atomic mass is 19.4. The highest BCUT2D eigenvalue weighted by molar-refractivity contribution is 6.10. The molecular formula is C22H21F3N4O5. The second-order valence-corrected chi connectivity index (χ2v) is 7.84. The summed E-state index contributed by atoms with van der Waals surface area (Å²) in [6.07, 6.45) is -4.87. The molecule has 1 atom stereocenters. The Morgan fingerprint density at radius 2 is 1.65 bits per heavy atom. The molecule has 0 radical (unpaired) electrons. The molecule has 1 aliphatic heterocycles. The first kappa shape index (κ1) is 24.6. The number of amides is 5. The molecule has 12 heteroatoms. The van der Waals surface area contributed by atoms with E-state index < -0.39 is 42.0 Å². The van der Waals surface area contributed by atoms with Crippen LogP contribution in [-0.4, -0.2) is 60.6 Å². The molecule has 0 saturated carbocycles. The summed E-state index contributed by atoms with van der Waals surface area (Å²) in [5, 5.41) is 5.01. The number of alkyl halides is 3. The summed E-state index contributed by atoms with van der Waals surface area (Å²) in [5.74, 6) is -2.10. The van der Waals surface area contributed by atoms with Gasteiger partial charge in [0, 0.05) is 25.3 Å². The van der Waals surface area contributed by atoms with Crippen LogP contribution in [0.15, 0.2) is 48.5 Å². The maximum atomic E-state index is 12.9. The standard InChI is InChI=1S/C22H21F3N4O5/c1-21(14-6-10-16(11-7-14)34-22(23,24)25)19(32)29(20(33)27-21)12-17(30)26-15-8-4-13(5-9-15)18(31)28(2)3/h4-11H,12H2,1-3H3,(H,26,30)(H,27,33). The number of anilines is 1. The van der Waals surface area contributed by atoms with Crippen LogP contribution in [0, 0.1) is 0 Å². The Morgan fingerprint density at radius 1 is 1.06 bits per heavy atom. The third kappa shape index (κ3) is 5.27. The molecule has 3 rings (SSSR count). The summed E-state index contributed by atoms with van der Waals surface area (Å²) in [6, 6.07) is 9.72. The summed E-state index contributed by atoms with van der Waals surface area (Å²) in [7, 11) is 3.21. The van der Waals surface area contributed by atoms with Gasteiger partial charge < -0.3 is 20.3 Å². The van der Waals surface area contributed by atoms with Crippen LogP contribution < -0.4 is 15.4 Å². The Balaban J connectivity index is 1.67. The van der Waals surface area contributed by atoms with Gasteiger partial charge in [-0.25, -0.2) is 4.79 Å². The quantitative estimate of drug-likeness (QED) is 0.621. The molecule has 2 N–H and O–H groups in total. The second kappa shape index (κ2) is 9.04. The van der Waals surface area contributed by atoms with E-state index in [0.29, 0.717) is 16.2 Å². The fourth-order valence-electron chi connectivity index (χ4n) is 3.32. The largest absolute Gasteiger partial charge is 0.573 e. The molecule has 0 aromatic heterocycles. The van der Waals surface area contributed by atoms with Crippen LogP contribution >= 0.6 is 0 Å². The number of benzene rings is 2. The number of carbonyl (C=O) groups excluding carboxylic acids is 4. The summed E-state index contributed by atoms with van der Waals surface area (Å²) in [6.45, 7) is 0.791. The number of hydrogen-bond acceptors (Lipinski definition) is 5. The average molecular weight is 478 g/mol. The maximum Gasteiger partial charge on any atom is 0.573 e.